The van der Waals surface area contributed by atoms with Gasteiger partial charge < -0.3 is 14.3 Å². The molecule has 1 aromatic heterocycles. The minimum atomic E-state index is -0.729. The Balaban J connectivity index is 1.44. The highest BCUT2D eigenvalue weighted by Gasteiger charge is 2.24. The van der Waals surface area contributed by atoms with E-state index in [1.54, 1.807) is 13.1 Å². The fraction of sp³-hybridized carbons (Fsp3) is 0.303. The van der Waals surface area contributed by atoms with Crippen molar-refractivity contribution >= 4 is 11.7 Å². The molecule has 42 heavy (non-hydrogen) atoms. The van der Waals surface area contributed by atoms with Gasteiger partial charge in [0.15, 0.2) is 6.10 Å². The lowest BCUT2D eigenvalue weighted by atomic mass is 9.95. The van der Waals surface area contributed by atoms with Crippen LogP contribution in [0.3, 0.4) is 0 Å². The average Bonchev–Trinajstić information content (AvgIpc) is 3.51. The zero-order chi connectivity index (χ0) is 30.1. The van der Waals surface area contributed by atoms with Crippen molar-refractivity contribution in [1.82, 2.24) is 10.2 Å². The number of ether oxygens (including phenoxy) is 2. The third-order valence-corrected chi connectivity index (χ3v) is 6.80. The molecule has 1 heterocycles. The minimum Gasteiger partial charge on any atom is -0.481 e. The molecule has 9 heteroatoms. The number of esters is 1. The Kier molecular flexibility index (Phi) is 10.4. The van der Waals surface area contributed by atoms with Crippen LogP contribution in [0.15, 0.2) is 84.3 Å². The third-order valence-electron chi connectivity index (χ3n) is 6.80. The quantitative estimate of drug-likeness (QED) is 0.106. The molecule has 3 aromatic carbocycles. The normalized spacial score (nSPS) is 13.1. The second kappa shape index (κ2) is 14.4. The van der Waals surface area contributed by atoms with Gasteiger partial charge in [-0.3, -0.25) is 9.89 Å². The van der Waals surface area contributed by atoms with Crippen molar-refractivity contribution in [2.75, 3.05) is 7.11 Å². The molecule has 1 N–H and O–H groups in total. The van der Waals surface area contributed by atoms with E-state index in [0.717, 1.165) is 35.2 Å². The van der Waals surface area contributed by atoms with E-state index in [1.807, 2.05) is 30.5 Å². The summed E-state index contributed by atoms with van der Waals surface area (Å²) in [5.74, 6) is -1.38. The number of carbonyl (C=O) groups excluding carboxylic acids is 1. The second-order valence-corrected chi connectivity index (χ2v) is 10.5. The highest BCUT2D eigenvalue weighted by Crippen LogP contribution is 2.29. The Hall–Kier alpha value is -4.53. The molecule has 0 aliphatic heterocycles. The van der Waals surface area contributed by atoms with Crippen LogP contribution >= 0.6 is 0 Å². The molecule has 220 valence electrons. The molecule has 4 rings (SSSR count). The summed E-state index contributed by atoms with van der Waals surface area (Å²) in [5.41, 5.74) is 4.55. The summed E-state index contributed by atoms with van der Waals surface area (Å²) in [5, 5.41) is 11.0. The fourth-order valence-electron chi connectivity index (χ4n) is 4.56. The van der Waals surface area contributed by atoms with Gasteiger partial charge in [0, 0.05) is 23.4 Å². The maximum absolute atomic E-state index is 13.9. The predicted molar refractivity (Wildman–Crippen MR) is 156 cm³/mol. The van der Waals surface area contributed by atoms with E-state index < -0.39 is 23.5 Å². The SMILES string of the molecule is COC(=O)C(Cc1ccc(OC(c2ccc(CC(C)C)cc2)c2cn[nH]c2)cc1)C(C)=NOCc1ccc(F)cc1F. The number of oxime groups is 1. The number of hydrogen-bond acceptors (Lipinski definition) is 6. The number of halogens is 2. The van der Waals surface area contributed by atoms with Crippen LogP contribution in [0.4, 0.5) is 8.78 Å². The van der Waals surface area contributed by atoms with Crippen molar-refractivity contribution < 1.29 is 27.9 Å². The molecule has 2 atom stereocenters. The lowest BCUT2D eigenvalue weighted by Gasteiger charge is -2.20. The topological polar surface area (TPSA) is 85.8 Å². The number of benzene rings is 3. The van der Waals surface area contributed by atoms with Gasteiger partial charge in [-0.05, 0) is 66.6 Å². The number of rotatable bonds is 13. The molecule has 0 saturated heterocycles. The van der Waals surface area contributed by atoms with E-state index in [0.29, 0.717) is 23.8 Å². The highest BCUT2D eigenvalue weighted by atomic mass is 19.1. The molecule has 0 amide bonds. The molecule has 0 aliphatic rings. The van der Waals surface area contributed by atoms with E-state index in [9.17, 15) is 13.6 Å². The Morgan fingerprint density at radius 3 is 2.26 bits per heavy atom. The maximum atomic E-state index is 13.9. The number of H-pyrrole nitrogens is 1. The van der Waals surface area contributed by atoms with E-state index in [2.05, 4.69) is 53.5 Å². The number of nitrogens with one attached hydrogen (secondary N) is 1. The maximum Gasteiger partial charge on any atom is 0.314 e. The number of nitrogens with zero attached hydrogens (tertiary/aromatic N) is 2. The molecular weight excluding hydrogens is 540 g/mol. The summed E-state index contributed by atoms with van der Waals surface area (Å²) in [6, 6.07) is 19.1. The molecule has 0 bridgehead atoms. The second-order valence-electron chi connectivity index (χ2n) is 10.5. The number of hydrogen-bond donors (Lipinski definition) is 1. The van der Waals surface area contributed by atoms with Gasteiger partial charge in [-0.25, -0.2) is 8.78 Å². The molecule has 2 unspecified atom stereocenters. The van der Waals surface area contributed by atoms with Crippen LogP contribution in [-0.2, 0) is 33.8 Å². The van der Waals surface area contributed by atoms with E-state index in [-0.39, 0.29) is 18.3 Å². The Bertz CT molecular complexity index is 1470. The minimum absolute atomic E-state index is 0.151. The summed E-state index contributed by atoms with van der Waals surface area (Å²) in [4.78, 5) is 17.8. The number of methoxy groups -OCH3 is 1. The predicted octanol–water partition coefficient (Wildman–Crippen LogP) is 6.98. The summed E-state index contributed by atoms with van der Waals surface area (Å²) in [6.45, 7) is 5.83. The Morgan fingerprint density at radius 1 is 0.952 bits per heavy atom. The van der Waals surface area contributed by atoms with Crippen LogP contribution in [0.2, 0.25) is 0 Å². The fourth-order valence-corrected chi connectivity index (χ4v) is 4.56. The van der Waals surface area contributed by atoms with Crippen LogP contribution in [0.5, 0.6) is 5.75 Å². The van der Waals surface area contributed by atoms with E-state index in [4.69, 9.17) is 14.3 Å². The molecular formula is C33H35F2N3O4. The summed E-state index contributed by atoms with van der Waals surface area (Å²) in [7, 11) is 1.31. The van der Waals surface area contributed by atoms with Gasteiger partial charge in [-0.1, -0.05) is 55.4 Å². The molecule has 4 aromatic rings. The van der Waals surface area contributed by atoms with Crippen molar-refractivity contribution in [3.05, 3.63) is 119 Å². The van der Waals surface area contributed by atoms with Crippen molar-refractivity contribution in [2.24, 2.45) is 17.0 Å². The number of aromatic nitrogens is 2. The first kappa shape index (κ1) is 30.4. The lowest BCUT2D eigenvalue weighted by Crippen LogP contribution is -2.26. The first-order valence-electron chi connectivity index (χ1n) is 13.7. The van der Waals surface area contributed by atoms with Gasteiger partial charge in [-0.2, -0.15) is 5.10 Å². The first-order valence-corrected chi connectivity index (χ1v) is 13.7. The highest BCUT2D eigenvalue weighted by molar-refractivity contribution is 6.00. The summed E-state index contributed by atoms with van der Waals surface area (Å²) < 4.78 is 38.4. The van der Waals surface area contributed by atoms with Gasteiger partial charge >= 0.3 is 5.97 Å². The zero-order valence-corrected chi connectivity index (χ0v) is 24.1. The van der Waals surface area contributed by atoms with Crippen LogP contribution in [-0.4, -0.2) is 29.0 Å². The lowest BCUT2D eigenvalue weighted by molar-refractivity contribution is -0.143. The van der Waals surface area contributed by atoms with Crippen LogP contribution < -0.4 is 4.74 Å². The monoisotopic (exact) mass is 575 g/mol. The third kappa shape index (κ3) is 8.25. The van der Waals surface area contributed by atoms with Crippen LogP contribution in [0, 0.1) is 23.5 Å². The van der Waals surface area contributed by atoms with Crippen molar-refractivity contribution in [2.45, 2.75) is 46.3 Å². The summed E-state index contributed by atoms with van der Waals surface area (Å²) >= 11 is 0. The Labute approximate surface area is 244 Å². The summed E-state index contributed by atoms with van der Waals surface area (Å²) in [6.07, 6.45) is 4.52. The molecule has 0 spiro atoms. The molecule has 7 nitrogen and oxygen atoms in total. The van der Waals surface area contributed by atoms with E-state index in [1.165, 1.54) is 18.7 Å². The van der Waals surface area contributed by atoms with Gasteiger partial charge in [-0.15, -0.1) is 0 Å². The van der Waals surface area contributed by atoms with Crippen molar-refractivity contribution in [3.8, 4) is 5.75 Å². The first-order chi connectivity index (χ1) is 20.2. The van der Waals surface area contributed by atoms with Gasteiger partial charge in [0.05, 0.1) is 19.0 Å². The largest absolute Gasteiger partial charge is 0.481 e. The molecule has 0 saturated carbocycles. The smallest absolute Gasteiger partial charge is 0.314 e. The van der Waals surface area contributed by atoms with Gasteiger partial charge in [0.2, 0.25) is 0 Å². The number of carbonyl (C=O) groups is 1. The molecule has 0 aliphatic carbocycles. The van der Waals surface area contributed by atoms with Crippen LogP contribution in [0.1, 0.15) is 54.7 Å². The average molecular weight is 576 g/mol. The Morgan fingerprint density at radius 2 is 1.64 bits per heavy atom. The standard InChI is InChI=1S/C33H35F2N3O4/c1-21(2)15-23-5-9-25(10-6-23)32(27-18-36-37-19-27)42-29-13-7-24(8-14-29)16-30(33(39)40-4)22(3)38-41-20-26-11-12-28(34)17-31(26)35/h5-14,17-19,21,30,32H,15-16,20H2,1-4H3,(H,36,37). The van der Waals surface area contributed by atoms with Gasteiger partial charge in [0.1, 0.15) is 29.9 Å². The van der Waals surface area contributed by atoms with Crippen molar-refractivity contribution in [1.29, 1.82) is 0 Å². The molecule has 0 fully saturated rings. The zero-order valence-electron chi connectivity index (χ0n) is 24.1. The van der Waals surface area contributed by atoms with Crippen molar-refractivity contribution in [3.63, 3.8) is 0 Å². The van der Waals surface area contributed by atoms with E-state index >= 15 is 0 Å². The van der Waals surface area contributed by atoms with Gasteiger partial charge in [0.25, 0.3) is 0 Å². The molecule has 0 radical (unpaired) electrons. The van der Waals surface area contributed by atoms with Crippen LogP contribution in [0.25, 0.3) is 0 Å². The number of aromatic amines is 1.